The summed E-state index contributed by atoms with van der Waals surface area (Å²) in [6.07, 6.45) is 0. The van der Waals surface area contributed by atoms with Crippen molar-refractivity contribution in [1.82, 2.24) is 0 Å². The van der Waals surface area contributed by atoms with Crippen molar-refractivity contribution in [2.75, 3.05) is 18.2 Å². The van der Waals surface area contributed by atoms with Crippen molar-refractivity contribution in [3.8, 4) is 0 Å². The first-order chi connectivity index (χ1) is 7.16. The lowest BCUT2D eigenvalue weighted by atomic mass is 10.1. The average Bonchev–Trinajstić information content (AvgIpc) is 2.23. The first-order valence-electron chi connectivity index (χ1n) is 4.98. The second kappa shape index (κ2) is 4.25. The van der Waals surface area contributed by atoms with Gasteiger partial charge in [-0.25, -0.2) is 5.06 Å². The van der Waals surface area contributed by atoms with Crippen LogP contribution in [0.2, 0.25) is 5.02 Å². The molecule has 0 unspecified atom stereocenters. The minimum absolute atomic E-state index is 0.675. The molecule has 0 aromatic heterocycles. The first kappa shape index (κ1) is 10.5. The molecule has 0 atom stereocenters. The molecule has 1 aliphatic rings. The van der Waals surface area contributed by atoms with E-state index in [0.29, 0.717) is 6.61 Å². The van der Waals surface area contributed by atoms with Crippen molar-refractivity contribution in [2.24, 2.45) is 0 Å². The fraction of sp³-hybridized carbons (Fsp3) is 0.333. The number of benzene rings is 1. The number of hydroxylamine groups is 1. The summed E-state index contributed by atoms with van der Waals surface area (Å²) in [5, 5.41) is 2.65. The summed E-state index contributed by atoms with van der Waals surface area (Å²) in [5.74, 6) is 0. The Balaban J connectivity index is 2.17. The molecule has 80 valence electrons. The van der Waals surface area contributed by atoms with Crippen molar-refractivity contribution in [3.63, 3.8) is 0 Å². The molecule has 3 heteroatoms. The second-order valence-electron chi connectivity index (χ2n) is 3.85. The van der Waals surface area contributed by atoms with Crippen LogP contribution in [0.25, 0.3) is 0 Å². The van der Waals surface area contributed by atoms with Gasteiger partial charge in [-0.15, -0.1) is 0 Å². The largest absolute Gasteiger partial charge is 0.269 e. The Morgan fingerprint density at radius 3 is 2.40 bits per heavy atom. The van der Waals surface area contributed by atoms with Crippen LogP contribution in [0.1, 0.15) is 13.8 Å². The molecule has 0 radical (unpaired) electrons. The van der Waals surface area contributed by atoms with Gasteiger partial charge in [0.2, 0.25) is 0 Å². The van der Waals surface area contributed by atoms with Gasteiger partial charge in [-0.05, 0) is 43.7 Å². The van der Waals surface area contributed by atoms with Crippen LogP contribution in [0.4, 0.5) is 5.69 Å². The quantitative estimate of drug-likeness (QED) is 0.677. The Morgan fingerprint density at radius 2 is 1.80 bits per heavy atom. The lowest BCUT2D eigenvalue weighted by Crippen LogP contribution is -2.31. The third-order valence-electron chi connectivity index (χ3n) is 2.66. The summed E-state index contributed by atoms with van der Waals surface area (Å²) in [7, 11) is 0. The van der Waals surface area contributed by atoms with E-state index in [9.17, 15) is 0 Å². The molecule has 0 spiro atoms. The number of hydrogen-bond donors (Lipinski definition) is 0. The van der Waals surface area contributed by atoms with Crippen LogP contribution in [0.15, 0.2) is 35.4 Å². The van der Waals surface area contributed by atoms with E-state index in [1.807, 2.05) is 29.3 Å². The Hall–Kier alpha value is -0.990. The molecule has 2 rings (SSSR count). The van der Waals surface area contributed by atoms with Gasteiger partial charge in [-0.1, -0.05) is 17.2 Å². The van der Waals surface area contributed by atoms with Gasteiger partial charge in [0.1, 0.15) is 0 Å². The number of halogens is 1. The highest BCUT2D eigenvalue weighted by Crippen LogP contribution is 2.23. The minimum atomic E-state index is 0.675. The molecule has 0 bridgehead atoms. The second-order valence-corrected chi connectivity index (χ2v) is 4.28. The SMILES string of the molecule is CC1=C(C)CN(c2ccc(Cl)cc2)OC1. The Morgan fingerprint density at radius 1 is 1.13 bits per heavy atom. The maximum atomic E-state index is 5.83. The van der Waals surface area contributed by atoms with E-state index in [1.165, 1.54) is 11.1 Å². The van der Waals surface area contributed by atoms with Crippen LogP contribution in [0, 0.1) is 0 Å². The van der Waals surface area contributed by atoms with E-state index < -0.39 is 0 Å². The molecule has 0 aliphatic carbocycles. The number of rotatable bonds is 1. The van der Waals surface area contributed by atoms with Gasteiger partial charge in [0.25, 0.3) is 0 Å². The van der Waals surface area contributed by atoms with E-state index in [0.717, 1.165) is 17.3 Å². The van der Waals surface area contributed by atoms with Gasteiger partial charge in [0.05, 0.1) is 18.8 Å². The van der Waals surface area contributed by atoms with E-state index in [4.69, 9.17) is 16.4 Å². The van der Waals surface area contributed by atoms with Gasteiger partial charge < -0.3 is 0 Å². The molecule has 15 heavy (non-hydrogen) atoms. The summed E-state index contributed by atoms with van der Waals surface area (Å²) < 4.78 is 0. The highest BCUT2D eigenvalue weighted by molar-refractivity contribution is 6.30. The zero-order chi connectivity index (χ0) is 10.8. The standard InChI is InChI=1S/C12H14ClNO/c1-9-7-14(15-8-10(9)2)12-5-3-11(13)4-6-12/h3-6H,7-8H2,1-2H3. The molecular weight excluding hydrogens is 210 g/mol. The predicted octanol–water partition coefficient (Wildman–Crippen LogP) is 3.43. The van der Waals surface area contributed by atoms with Crippen LogP contribution in [0.3, 0.4) is 0 Å². The third kappa shape index (κ3) is 2.33. The maximum absolute atomic E-state index is 5.83. The van der Waals surface area contributed by atoms with Gasteiger partial charge in [0.15, 0.2) is 0 Å². The van der Waals surface area contributed by atoms with Gasteiger partial charge in [-0.2, -0.15) is 0 Å². The van der Waals surface area contributed by atoms with E-state index in [-0.39, 0.29) is 0 Å². The van der Waals surface area contributed by atoms with Gasteiger partial charge in [-0.3, -0.25) is 4.84 Å². The Bertz CT molecular complexity index is 383. The van der Waals surface area contributed by atoms with Crippen LogP contribution in [0.5, 0.6) is 0 Å². The summed E-state index contributed by atoms with van der Waals surface area (Å²) in [4.78, 5) is 5.62. The summed E-state index contributed by atoms with van der Waals surface area (Å²) >= 11 is 5.83. The molecule has 1 heterocycles. The normalized spacial score (nSPS) is 17.1. The van der Waals surface area contributed by atoms with Crippen LogP contribution in [-0.4, -0.2) is 13.2 Å². The van der Waals surface area contributed by atoms with Crippen molar-refractivity contribution in [3.05, 3.63) is 40.4 Å². The molecule has 2 nitrogen and oxygen atoms in total. The van der Waals surface area contributed by atoms with Crippen molar-refractivity contribution in [1.29, 1.82) is 0 Å². The molecule has 0 fully saturated rings. The Labute approximate surface area is 95.1 Å². The van der Waals surface area contributed by atoms with Crippen molar-refractivity contribution < 1.29 is 4.84 Å². The number of anilines is 1. The smallest absolute Gasteiger partial charge is 0.0960 e. The molecule has 0 N–H and O–H groups in total. The molecule has 1 aromatic rings. The summed E-state index contributed by atoms with van der Waals surface area (Å²) in [5.41, 5.74) is 3.74. The lowest BCUT2D eigenvalue weighted by molar-refractivity contribution is 0.122. The van der Waals surface area contributed by atoms with E-state index in [2.05, 4.69) is 13.8 Å². The molecule has 1 aromatic carbocycles. The number of hydrogen-bond acceptors (Lipinski definition) is 2. The minimum Gasteiger partial charge on any atom is -0.269 e. The maximum Gasteiger partial charge on any atom is 0.0960 e. The molecule has 0 amide bonds. The molecular formula is C12H14ClNO. The fourth-order valence-corrected chi connectivity index (χ4v) is 1.59. The molecule has 1 aliphatic heterocycles. The highest BCUT2D eigenvalue weighted by Gasteiger charge is 2.14. The van der Waals surface area contributed by atoms with Crippen LogP contribution in [-0.2, 0) is 4.84 Å². The predicted molar refractivity (Wildman–Crippen MR) is 63.1 cm³/mol. The summed E-state index contributed by atoms with van der Waals surface area (Å²) in [6.45, 7) is 5.75. The van der Waals surface area contributed by atoms with Gasteiger partial charge in [0, 0.05) is 5.02 Å². The highest BCUT2D eigenvalue weighted by atomic mass is 35.5. The van der Waals surface area contributed by atoms with Crippen molar-refractivity contribution in [2.45, 2.75) is 13.8 Å². The van der Waals surface area contributed by atoms with E-state index in [1.54, 1.807) is 0 Å². The van der Waals surface area contributed by atoms with E-state index >= 15 is 0 Å². The topological polar surface area (TPSA) is 12.5 Å². The third-order valence-corrected chi connectivity index (χ3v) is 2.91. The average molecular weight is 224 g/mol. The monoisotopic (exact) mass is 223 g/mol. The van der Waals surface area contributed by atoms with Crippen LogP contribution >= 0.6 is 11.6 Å². The zero-order valence-corrected chi connectivity index (χ0v) is 9.71. The summed E-state index contributed by atoms with van der Waals surface area (Å²) in [6, 6.07) is 7.69. The van der Waals surface area contributed by atoms with Crippen molar-refractivity contribution >= 4 is 17.3 Å². The fourth-order valence-electron chi connectivity index (χ4n) is 1.47. The Kier molecular flexibility index (Phi) is 2.98. The molecule has 0 saturated heterocycles. The first-order valence-corrected chi connectivity index (χ1v) is 5.36. The molecule has 0 saturated carbocycles. The lowest BCUT2D eigenvalue weighted by Gasteiger charge is -2.29. The number of nitrogens with zero attached hydrogens (tertiary/aromatic N) is 1. The van der Waals surface area contributed by atoms with Crippen LogP contribution < -0.4 is 5.06 Å². The van der Waals surface area contributed by atoms with Gasteiger partial charge >= 0.3 is 0 Å². The zero-order valence-electron chi connectivity index (χ0n) is 8.96.